The molecule has 37 heavy (non-hydrogen) atoms. The summed E-state index contributed by atoms with van der Waals surface area (Å²) in [6, 6.07) is 26.4. The van der Waals surface area contributed by atoms with Crippen molar-refractivity contribution >= 4 is 22.8 Å². The molecule has 0 radical (unpaired) electrons. The molecule has 0 spiro atoms. The molecule has 6 rings (SSSR count). The van der Waals surface area contributed by atoms with E-state index in [4.69, 9.17) is 4.98 Å². The van der Waals surface area contributed by atoms with Crippen LogP contribution < -0.4 is 15.8 Å². The van der Waals surface area contributed by atoms with Crippen LogP contribution in [0, 0.1) is 5.92 Å². The maximum absolute atomic E-state index is 13.7. The predicted molar refractivity (Wildman–Crippen MR) is 147 cm³/mol. The monoisotopic (exact) mass is 492 g/mol. The number of carbonyl (C=O) groups is 1. The number of anilines is 1. The fourth-order valence-electron chi connectivity index (χ4n) is 5.85. The molecule has 1 aromatic heterocycles. The van der Waals surface area contributed by atoms with E-state index in [0.717, 1.165) is 35.9 Å². The highest BCUT2D eigenvalue weighted by molar-refractivity contribution is 5.80. The van der Waals surface area contributed by atoms with Gasteiger partial charge in [-0.3, -0.25) is 14.2 Å². The molecule has 188 valence electrons. The van der Waals surface area contributed by atoms with Gasteiger partial charge in [0.2, 0.25) is 5.91 Å². The Morgan fingerprint density at radius 3 is 2.46 bits per heavy atom. The predicted octanol–water partition coefficient (Wildman–Crippen LogP) is 4.86. The van der Waals surface area contributed by atoms with Crippen molar-refractivity contribution in [2.24, 2.45) is 5.92 Å². The lowest BCUT2D eigenvalue weighted by molar-refractivity contribution is -0.126. The van der Waals surface area contributed by atoms with Crippen LogP contribution in [0.15, 0.2) is 83.7 Å². The minimum absolute atomic E-state index is 0.0441. The summed E-state index contributed by atoms with van der Waals surface area (Å²) in [5, 5.41) is 3.33. The summed E-state index contributed by atoms with van der Waals surface area (Å²) >= 11 is 0. The first-order valence-corrected chi connectivity index (χ1v) is 13.3. The van der Waals surface area contributed by atoms with Gasteiger partial charge in [-0.25, -0.2) is 4.98 Å². The van der Waals surface area contributed by atoms with Crippen molar-refractivity contribution in [2.45, 2.75) is 44.7 Å². The zero-order valence-electron chi connectivity index (χ0n) is 21.0. The Kier molecular flexibility index (Phi) is 6.47. The summed E-state index contributed by atoms with van der Waals surface area (Å²) in [4.78, 5) is 33.7. The lowest BCUT2D eigenvalue weighted by atomic mass is 9.87. The molecule has 2 aliphatic rings. The molecular formula is C31H32N4O2. The summed E-state index contributed by atoms with van der Waals surface area (Å²) in [5.74, 6) is 0.571. The number of fused-ring (bicyclic) bond motifs is 2. The van der Waals surface area contributed by atoms with Crippen LogP contribution in [-0.2, 0) is 17.8 Å². The Morgan fingerprint density at radius 2 is 1.62 bits per heavy atom. The van der Waals surface area contributed by atoms with Gasteiger partial charge in [0.25, 0.3) is 5.56 Å². The number of aryl methyl sites for hydroxylation is 1. The summed E-state index contributed by atoms with van der Waals surface area (Å²) in [6.45, 7) is 1.79. The molecule has 0 bridgehead atoms. The second-order valence-electron chi connectivity index (χ2n) is 10.2. The number of nitrogens with one attached hydrogen (secondary N) is 1. The number of carbonyl (C=O) groups excluding carboxylic acids is 1. The molecule has 1 fully saturated rings. The number of aromatic nitrogens is 2. The van der Waals surface area contributed by atoms with Crippen molar-refractivity contribution in [1.29, 1.82) is 0 Å². The number of amides is 1. The first-order valence-electron chi connectivity index (χ1n) is 13.3. The molecule has 6 heteroatoms. The maximum atomic E-state index is 13.7. The third-order valence-electron chi connectivity index (χ3n) is 7.87. The number of benzene rings is 3. The van der Waals surface area contributed by atoms with Gasteiger partial charge in [-0.1, -0.05) is 66.7 Å². The van der Waals surface area contributed by atoms with Crippen molar-refractivity contribution in [2.75, 3.05) is 18.0 Å². The Bertz CT molecular complexity index is 1470. The SMILES string of the molecule is O=C(NC1CCCc2ccccc21)C1CCN(c2nc3ccccc3n(Cc3ccccc3)c2=O)CC1. The molecule has 4 aromatic rings. The van der Waals surface area contributed by atoms with Crippen LogP contribution in [0.3, 0.4) is 0 Å². The van der Waals surface area contributed by atoms with Gasteiger partial charge in [0.05, 0.1) is 23.6 Å². The Hall–Kier alpha value is -3.93. The smallest absolute Gasteiger partial charge is 0.294 e. The van der Waals surface area contributed by atoms with Crippen molar-refractivity contribution in [3.63, 3.8) is 0 Å². The van der Waals surface area contributed by atoms with Crippen LogP contribution in [0.4, 0.5) is 5.82 Å². The fourth-order valence-corrected chi connectivity index (χ4v) is 5.85. The standard InChI is InChI=1S/C31H32N4O2/c36-30(33-26-15-8-12-23-11-4-5-13-25(23)26)24-17-19-34(20-18-24)29-31(37)35(21-22-9-2-1-3-10-22)28-16-7-6-14-27(28)32-29/h1-7,9-11,13-14,16,24,26H,8,12,15,17-21H2,(H,33,36). The van der Waals surface area contributed by atoms with Gasteiger partial charge >= 0.3 is 0 Å². The molecular weight excluding hydrogens is 460 g/mol. The Labute approximate surface area is 217 Å². The molecule has 6 nitrogen and oxygen atoms in total. The highest BCUT2D eigenvalue weighted by Gasteiger charge is 2.30. The molecule has 1 amide bonds. The molecule has 1 N–H and O–H groups in total. The summed E-state index contributed by atoms with van der Waals surface area (Å²) in [6.07, 6.45) is 4.61. The Balaban J connectivity index is 1.19. The van der Waals surface area contributed by atoms with Gasteiger partial charge in [0.1, 0.15) is 0 Å². The van der Waals surface area contributed by atoms with Crippen LogP contribution >= 0.6 is 0 Å². The molecule has 1 aliphatic heterocycles. The quantitative estimate of drug-likeness (QED) is 0.432. The molecule has 1 aliphatic carbocycles. The zero-order valence-corrected chi connectivity index (χ0v) is 21.0. The number of hydrogen-bond donors (Lipinski definition) is 1. The number of para-hydroxylation sites is 2. The second-order valence-corrected chi connectivity index (χ2v) is 10.2. The molecule has 1 unspecified atom stereocenters. The molecule has 3 aromatic carbocycles. The van der Waals surface area contributed by atoms with Crippen molar-refractivity contribution in [1.82, 2.24) is 14.9 Å². The van der Waals surface area contributed by atoms with Gasteiger partial charge in [-0.05, 0) is 60.9 Å². The van der Waals surface area contributed by atoms with Gasteiger partial charge in [0, 0.05) is 19.0 Å². The summed E-state index contributed by atoms with van der Waals surface area (Å²) in [7, 11) is 0. The lowest BCUT2D eigenvalue weighted by Gasteiger charge is -2.33. The minimum atomic E-state index is -0.0794. The van der Waals surface area contributed by atoms with Crippen molar-refractivity contribution < 1.29 is 4.79 Å². The van der Waals surface area contributed by atoms with E-state index in [1.54, 1.807) is 0 Å². The largest absolute Gasteiger partial charge is 0.352 e. The second kappa shape index (κ2) is 10.2. The number of piperidine rings is 1. The fraction of sp³-hybridized carbons (Fsp3) is 0.323. The molecule has 1 saturated heterocycles. The van der Waals surface area contributed by atoms with E-state index >= 15 is 0 Å². The van der Waals surface area contributed by atoms with E-state index in [9.17, 15) is 9.59 Å². The number of rotatable bonds is 5. The van der Waals surface area contributed by atoms with Gasteiger partial charge in [-0.2, -0.15) is 0 Å². The van der Waals surface area contributed by atoms with Crippen LogP contribution in [0.1, 0.15) is 48.4 Å². The third kappa shape index (κ3) is 4.76. The average molecular weight is 493 g/mol. The van der Waals surface area contributed by atoms with Gasteiger partial charge < -0.3 is 10.2 Å². The van der Waals surface area contributed by atoms with Crippen molar-refractivity contribution in [3.05, 3.63) is 106 Å². The van der Waals surface area contributed by atoms with E-state index in [1.807, 2.05) is 59.2 Å². The zero-order chi connectivity index (χ0) is 25.2. The molecule has 2 heterocycles. The van der Waals surface area contributed by atoms with Crippen LogP contribution in [0.5, 0.6) is 0 Å². The Morgan fingerprint density at radius 1 is 0.892 bits per heavy atom. The highest BCUT2D eigenvalue weighted by atomic mass is 16.2. The average Bonchev–Trinajstić information content (AvgIpc) is 2.95. The topological polar surface area (TPSA) is 67.2 Å². The van der Waals surface area contributed by atoms with E-state index in [1.165, 1.54) is 11.1 Å². The molecule has 0 saturated carbocycles. The normalized spacial score (nSPS) is 17.9. The first kappa shape index (κ1) is 23.5. The van der Waals surface area contributed by atoms with E-state index < -0.39 is 0 Å². The number of nitrogens with zero attached hydrogens (tertiary/aromatic N) is 3. The third-order valence-corrected chi connectivity index (χ3v) is 7.87. The minimum Gasteiger partial charge on any atom is -0.352 e. The van der Waals surface area contributed by atoms with E-state index in [0.29, 0.717) is 38.3 Å². The first-order chi connectivity index (χ1) is 18.2. The van der Waals surface area contributed by atoms with Gasteiger partial charge in [-0.15, -0.1) is 0 Å². The summed E-state index contributed by atoms with van der Waals surface area (Å²) < 4.78 is 1.83. The van der Waals surface area contributed by atoms with E-state index in [-0.39, 0.29) is 23.4 Å². The number of hydrogen-bond acceptors (Lipinski definition) is 4. The van der Waals surface area contributed by atoms with Crippen molar-refractivity contribution in [3.8, 4) is 0 Å². The summed E-state index contributed by atoms with van der Waals surface area (Å²) in [5.41, 5.74) is 5.25. The van der Waals surface area contributed by atoms with Crippen LogP contribution in [0.25, 0.3) is 11.0 Å². The highest BCUT2D eigenvalue weighted by Crippen LogP contribution is 2.30. The van der Waals surface area contributed by atoms with Gasteiger partial charge in [0.15, 0.2) is 5.82 Å². The van der Waals surface area contributed by atoms with Crippen LogP contribution in [0.2, 0.25) is 0 Å². The molecule has 1 atom stereocenters. The van der Waals surface area contributed by atoms with Crippen LogP contribution in [-0.4, -0.2) is 28.5 Å². The lowest BCUT2D eigenvalue weighted by Crippen LogP contribution is -2.44. The van der Waals surface area contributed by atoms with E-state index in [2.05, 4.69) is 34.5 Å². The maximum Gasteiger partial charge on any atom is 0.294 e.